The summed E-state index contributed by atoms with van der Waals surface area (Å²) in [6.07, 6.45) is 2.32. The van der Waals surface area contributed by atoms with Crippen LogP contribution in [0.4, 0.5) is 8.78 Å². The molecule has 0 aromatic heterocycles. The first kappa shape index (κ1) is 19.3. The molecule has 0 N–H and O–H groups in total. The summed E-state index contributed by atoms with van der Waals surface area (Å²) in [6, 6.07) is 2.84. The van der Waals surface area contributed by atoms with Gasteiger partial charge >= 0.3 is 5.97 Å². The second-order valence-electron chi connectivity index (χ2n) is 6.26. The van der Waals surface area contributed by atoms with Gasteiger partial charge in [0.1, 0.15) is 17.7 Å². The molecule has 1 amide bonds. The Kier molecular flexibility index (Phi) is 6.87. The van der Waals surface area contributed by atoms with E-state index in [0.717, 1.165) is 18.9 Å². The van der Waals surface area contributed by atoms with Crippen LogP contribution in [-0.4, -0.2) is 54.5 Å². The largest absolute Gasteiger partial charge is 0.464 e. The normalized spacial score (nSPS) is 17.6. The molecule has 1 aliphatic rings. The van der Waals surface area contributed by atoms with Gasteiger partial charge in [-0.1, -0.05) is 6.07 Å². The van der Waals surface area contributed by atoms with E-state index in [2.05, 4.69) is 0 Å². The minimum absolute atomic E-state index is 0.0483. The number of hydrogen-bond donors (Lipinski definition) is 0. The van der Waals surface area contributed by atoms with Gasteiger partial charge in [0.05, 0.1) is 13.2 Å². The summed E-state index contributed by atoms with van der Waals surface area (Å²) in [5.41, 5.74) is 0.317. The van der Waals surface area contributed by atoms with E-state index in [1.807, 2.05) is 0 Å². The van der Waals surface area contributed by atoms with Crippen LogP contribution in [0.15, 0.2) is 18.2 Å². The number of carbonyl (C=O) groups is 2. The number of esters is 1. The van der Waals surface area contributed by atoms with E-state index in [9.17, 15) is 18.4 Å². The van der Waals surface area contributed by atoms with E-state index in [0.29, 0.717) is 18.5 Å². The monoisotopic (exact) mass is 354 g/mol. The number of piperidine rings is 1. The van der Waals surface area contributed by atoms with E-state index in [1.54, 1.807) is 23.8 Å². The Labute approximate surface area is 146 Å². The van der Waals surface area contributed by atoms with Crippen molar-refractivity contribution in [3.63, 3.8) is 0 Å². The van der Waals surface area contributed by atoms with Crippen molar-refractivity contribution in [1.29, 1.82) is 0 Å². The third-order valence-corrected chi connectivity index (χ3v) is 4.24. The average Bonchev–Trinajstić information content (AvgIpc) is 2.57. The SMILES string of the molecule is CCOC(=O)C1CCCCN1C(=O)CN(C)Cc1ccc(F)cc1F. The molecule has 5 nitrogen and oxygen atoms in total. The maximum absolute atomic E-state index is 13.7. The Morgan fingerprint density at radius 2 is 2.08 bits per heavy atom. The van der Waals surface area contributed by atoms with Crippen molar-refractivity contribution in [2.75, 3.05) is 26.7 Å². The molecule has 2 rings (SSSR count). The number of rotatable bonds is 6. The molecule has 1 aromatic rings. The van der Waals surface area contributed by atoms with Crippen LogP contribution < -0.4 is 0 Å². The molecule has 7 heteroatoms. The van der Waals surface area contributed by atoms with Crippen LogP contribution >= 0.6 is 0 Å². The predicted octanol–water partition coefficient (Wildman–Crippen LogP) is 2.34. The zero-order valence-electron chi connectivity index (χ0n) is 14.6. The van der Waals surface area contributed by atoms with E-state index in [1.165, 1.54) is 12.1 Å². The molecule has 1 aromatic carbocycles. The van der Waals surface area contributed by atoms with Crippen LogP contribution in [0.3, 0.4) is 0 Å². The molecule has 1 fully saturated rings. The first-order valence-corrected chi connectivity index (χ1v) is 8.51. The number of benzene rings is 1. The summed E-state index contributed by atoms with van der Waals surface area (Å²) >= 11 is 0. The fourth-order valence-corrected chi connectivity index (χ4v) is 3.03. The molecule has 1 unspecified atom stereocenters. The second-order valence-corrected chi connectivity index (χ2v) is 6.26. The highest BCUT2D eigenvalue weighted by molar-refractivity contribution is 5.85. The number of amides is 1. The van der Waals surface area contributed by atoms with Crippen LogP contribution in [0.2, 0.25) is 0 Å². The van der Waals surface area contributed by atoms with Gasteiger partial charge in [-0.3, -0.25) is 9.69 Å². The number of hydrogen-bond acceptors (Lipinski definition) is 4. The zero-order valence-corrected chi connectivity index (χ0v) is 14.6. The fraction of sp³-hybridized carbons (Fsp3) is 0.556. The Hall–Kier alpha value is -2.02. The number of ether oxygens (including phenoxy) is 1. The van der Waals surface area contributed by atoms with Crippen molar-refractivity contribution >= 4 is 11.9 Å². The van der Waals surface area contributed by atoms with E-state index >= 15 is 0 Å². The van der Waals surface area contributed by atoms with Crippen LogP contribution in [0.1, 0.15) is 31.7 Å². The molecular formula is C18H24F2N2O3. The first-order chi connectivity index (χ1) is 11.9. The van der Waals surface area contributed by atoms with Crippen molar-refractivity contribution in [3.8, 4) is 0 Å². The van der Waals surface area contributed by atoms with Crippen LogP contribution in [0, 0.1) is 11.6 Å². The van der Waals surface area contributed by atoms with Crippen molar-refractivity contribution in [2.24, 2.45) is 0 Å². The molecule has 1 aliphatic heterocycles. The average molecular weight is 354 g/mol. The predicted molar refractivity (Wildman–Crippen MR) is 88.7 cm³/mol. The van der Waals surface area contributed by atoms with E-state index in [4.69, 9.17) is 4.74 Å². The number of likely N-dealkylation sites (tertiary alicyclic amines) is 1. The quantitative estimate of drug-likeness (QED) is 0.736. The third-order valence-electron chi connectivity index (χ3n) is 4.24. The van der Waals surface area contributed by atoms with Gasteiger partial charge in [0, 0.05) is 24.7 Å². The lowest BCUT2D eigenvalue weighted by molar-refractivity contribution is -0.157. The number of halogens is 2. The van der Waals surface area contributed by atoms with Gasteiger partial charge in [-0.05, 0) is 39.3 Å². The van der Waals surface area contributed by atoms with Gasteiger partial charge in [0.15, 0.2) is 0 Å². The molecule has 0 saturated carbocycles. The summed E-state index contributed by atoms with van der Waals surface area (Å²) in [6.45, 7) is 2.75. The van der Waals surface area contributed by atoms with Crippen LogP contribution in [-0.2, 0) is 20.9 Å². The van der Waals surface area contributed by atoms with Crippen LogP contribution in [0.5, 0.6) is 0 Å². The van der Waals surface area contributed by atoms with Crippen LogP contribution in [0.25, 0.3) is 0 Å². The highest BCUT2D eigenvalue weighted by Crippen LogP contribution is 2.19. The summed E-state index contributed by atoms with van der Waals surface area (Å²) in [4.78, 5) is 27.8. The highest BCUT2D eigenvalue weighted by atomic mass is 19.1. The highest BCUT2D eigenvalue weighted by Gasteiger charge is 2.33. The fourth-order valence-electron chi connectivity index (χ4n) is 3.03. The Morgan fingerprint density at radius 3 is 2.76 bits per heavy atom. The molecule has 0 bridgehead atoms. The molecular weight excluding hydrogens is 330 g/mol. The van der Waals surface area contributed by atoms with Gasteiger partial charge in [-0.2, -0.15) is 0 Å². The lowest BCUT2D eigenvalue weighted by Gasteiger charge is -2.35. The van der Waals surface area contributed by atoms with Gasteiger partial charge in [-0.25, -0.2) is 13.6 Å². The molecule has 1 saturated heterocycles. The van der Waals surface area contributed by atoms with Gasteiger partial charge in [0.25, 0.3) is 0 Å². The zero-order chi connectivity index (χ0) is 18.4. The molecule has 0 spiro atoms. The molecule has 25 heavy (non-hydrogen) atoms. The molecule has 1 atom stereocenters. The minimum atomic E-state index is -0.637. The third kappa shape index (κ3) is 5.22. The Bertz CT molecular complexity index is 624. The second kappa shape index (κ2) is 8.89. The lowest BCUT2D eigenvalue weighted by atomic mass is 10.0. The lowest BCUT2D eigenvalue weighted by Crippen LogP contribution is -2.51. The van der Waals surface area contributed by atoms with Gasteiger partial charge in [0.2, 0.25) is 5.91 Å². The van der Waals surface area contributed by atoms with E-state index < -0.39 is 17.7 Å². The van der Waals surface area contributed by atoms with Gasteiger partial charge < -0.3 is 9.64 Å². The maximum Gasteiger partial charge on any atom is 0.328 e. The Balaban J connectivity index is 1.97. The molecule has 1 heterocycles. The topological polar surface area (TPSA) is 49.9 Å². The molecule has 138 valence electrons. The summed E-state index contributed by atoms with van der Waals surface area (Å²) < 4.78 is 31.8. The molecule has 0 radical (unpaired) electrons. The summed E-state index contributed by atoms with van der Waals surface area (Å²) in [5.74, 6) is -1.84. The van der Waals surface area contributed by atoms with Crippen molar-refractivity contribution in [3.05, 3.63) is 35.4 Å². The smallest absolute Gasteiger partial charge is 0.328 e. The van der Waals surface area contributed by atoms with Crippen molar-refractivity contribution < 1.29 is 23.1 Å². The standard InChI is InChI=1S/C18H24F2N2O3/c1-3-25-18(24)16-6-4-5-9-22(16)17(23)12-21(2)11-13-7-8-14(19)10-15(13)20/h7-8,10,16H,3-6,9,11-12H2,1-2H3. The summed E-state index contributed by atoms with van der Waals surface area (Å²) in [5, 5.41) is 0. The number of likely N-dealkylation sites (N-methyl/N-ethyl adjacent to an activating group) is 1. The maximum atomic E-state index is 13.7. The Morgan fingerprint density at radius 1 is 1.32 bits per heavy atom. The molecule has 0 aliphatic carbocycles. The number of carbonyl (C=O) groups excluding carboxylic acids is 2. The number of nitrogens with zero attached hydrogens (tertiary/aromatic N) is 2. The van der Waals surface area contributed by atoms with E-state index in [-0.39, 0.29) is 31.6 Å². The summed E-state index contributed by atoms with van der Waals surface area (Å²) in [7, 11) is 1.68. The van der Waals surface area contributed by atoms with Crippen molar-refractivity contribution in [2.45, 2.75) is 38.8 Å². The van der Waals surface area contributed by atoms with Crippen molar-refractivity contribution in [1.82, 2.24) is 9.80 Å². The minimum Gasteiger partial charge on any atom is -0.464 e. The first-order valence-electron chi connectivity index (χ1n) is 8.51. The van der Waals surface area contributed by atoms with Gasteiger partial charge in [-0.15, -0.1) is 0 Å².